The lowest BCUT2D eigenvalue weighted by molar-refractivity contribution is 0.249. The molecule has 0 atom stereocenters. The molecule has 0 saturated heterocycles. The van der Waals surface area contributed by atoms with Gasteiger partial charge in [0.2, 0.25) is 0 Å². The average molecular weight is 277 g/mol. The van der Waals surface area contributed by atoms with Crippen LogP contribution in [0.3, 0.4) is 0 Å². The van der Waals surface area contributed by atoms with E-state index < -0.39 is 6.03 Å². The second kappa shape index (κ2) is 5.25. The van der Waals surface area contributed by atoms with Crippen molar-refractivity contribution in [2.24, 2.45) is 10.8 Å². The number of hydrogen-bond acceptors (Lipinski definition) is 2. The average Bonchev–Trinajstić information content (AvgIpc) is 2.78. The molecule has 4 heteroatoms. The summed E-state index contributed by atoms with van der Waals surface area (Å²) in [4.78, 5) is 10.9. The first-order valence-corrected chi connectivity index (χ1v) is 6.68. The van der Waals surface area contributed by atoms with Gasteiger partial charge in [0, 0.05) is 5.56 Å². The maximum absolute atomic E-state index is 10.9. The molecule has 2 aromatic rings. The van der Waals surface area contributed by atoms with Crippen molar-refractivity contribution >= 4 is 17.3 Å². The van der Waals surface area contributed by atoms with E-state index in [1.165, 1.54) is 0 Å². The second-order valence-corrected chi connectivity index (χ2v) is 4.85. The fraction of sp³-hybridized carbons (Fsp3) is 0.0588. The van der Waals surface area contributed by atoms with Crippen molar-refractivity contribution in [3.8, 4) is 0 Å². The van der Waals surface area contributed by atoms with Crippen molar-refractivity contribution in [3.63, 3.8) is 0 Å². The summed E-state index contributed by atoms with van der Waals surface area (Å²) in [6, 6.07) is 17.5. The Morgan fingerprint density at radius 3 is 2.29 bits per heavy atom. The van der Waals surface area contributed by atoms with Crippen LogP contribution in [0.25, 0.3) is 5.57 Å². The quantitative estimate of drug-likeness (QED) is 0.814. The fourth-order valence-electron chi connectivity index (χ4n) is 2.66. The van der Waals surface area contributed by atoms with E-state index in [1.807, 2.05) is 43.3 Å². The number of hydrazone groups is 1. The van der Waals surface area contributed by atoms with Crippen LogP contribution in [0.4, 0.5) is 4.79 Å². The molecule has 0 bridgehead atoms. The maximum Gasteiger partial charge on any atom is 0.332 e. The number of primary amides is 1. The largest absolute Gasteiger partial charge is 0.350 e. The van der Waals surface area contributed by atoms with Crippen LogP contribution in [0.15, 0.2) is 65.3 Å². The van der Waals surface area contributed by atoms with E-state index >= 15 is 0 Å². The fourth-order valence-corrected chi connectivity index (χ4v) is 2.66. The number of carbonyl (C=O) groups excluding carboxylic acids is 1. The SMILES string of the molecule is CC1=C(c2ccccc2)c2ccccc2/C1=N/NC(N)=O. The van der Waals surface area contributed by atoms with Crippen LogP contribution in [-0.2, 0) is 0 Å². The molecule has 21 heavy (non-hydrogen) atoms. The van der Waals surface area contributed by atoms with Crippen LogP contribution < -0.4 is 11.2 Å². The molecule has 2 amide bonds. The summed E-state index contributed by atoms with van der Waals surface area (Å²) < 4.78 is 0. The molecule has 0 heterocycles. The van der Waals surface area contributed by atoms with E-state index in [2.05, 4.69) is 28.7 Å². The predicted octanol–water partition coefficient (Wildman–Crippen LogP) is 2.89. The van der Waals surface area contributed by atoms with E-state index in [1.54, 1.807) is 0 Å². The minimum Gasteiger partial charge on any atom is -0.350 e. The van der Waals surface area contributed by atoms with E-state index in [-0.39, 0.29) is 0 Å². The summed E-state index contributed by atoms with van der Waals surface area (Å²) in [5, 5.41) is 4.16. The van der Waals surface area contributed by atoms with Gasteiger partial charge in [0.1, 0.15) is 0 Å². The molecule has 0 aliphatic heterocycles. The van der Waals surface area contributed by atoms with Gasteiger partial charge in [0.05, 0.1) is 5.71 Å². The summed E-state index contributed by atoms with van der Waals surface area (Å²) in [6.07, 6.45) is 0. The first-order valence-electron chi connectivity index (χ1n) is 6.68. The molecule has 3 N–H and O–H groups in total. The van der Waals surface area contributed by atoms with Gasteiger partial charge in [0.25, 0.3) is 0 Å². The molecule has 0 fully saturated rings. The zero-order valence-corrected chi connectivity index (χ0v) is 11.6. The highest BCUT2D eigenvalue weighted by Crippen LogP contribution is 2.37. The number of hydrogen-bond donors (Lipinski definition) is 2. The summed E-state index contributed by atoms with van der Waals surface area (Å²) in [5.41, 5.74) is 13.6. The number of urea groups is 1. The van der Waals surface area contributed by atoms with Gasteiger partial charge in [0.15, 0.2) is 0 Å². The first kappa shape index (κ1) is 13.1. The zero-order valence-electron chi connectivity index (χ0n) is 11.6. The van der Waals surface area contributed by atoms with Crippen LogP contribution in [0.5, 0.6) is 0 Å². The number of nitrogens with zero attached hydrogens (tertiary/aromatic N) is 1. The number of benzene rings is 2. The minimum atomic E-state index is -0.666. The van der Waals surface area contributed by atoms with Crippen molar-refractivity contribution < 1.29 is 4.79 Å². The number of carbonyl (C=O) groups is 1. The Balaban J connectivity index is 2.18. The lowest BCUT2D eigenvalue weighted by Crippen LogP contribution is -2.25. The lowest BCUT2D eigenvalue weighted by Gasteiger charge is -2.05. The highest BCUT2D eigenvalue weighted by Gasteiger charge is 2.25. The zero-order chi connectivity index (χ0) is 14.8. The van der Waals surface area contributed by atoms with Crippen LogP contribution in [0, 0.1) is 0 Å². The van der Waals surface area contributed by atoms with Crippen LogP contribution in [0.1, 0.15) is 23.6 Å². The molecule has 104 valence electrons. The van der Waals surface area contributed by atoms with Gasteiger partial charge in [-0.2, -0.15) is 5.10 Å². The Bertz CT molecular complexity index is 761. The molecular weight excluding hydrogens is 262 g/mol. The molecule has 0 aromatic heterocycles. The summed E-state index contributed by atoms with van der Waals surface area (Å²) >= 11 is 0. The number of nitrogens with two attached hydrogens (primary N) is 1. The standard InChI is InChI=1S/C17H15N3O/c1-11-15(12-7-3-2-4-8-12)13-9-5-6-10-14(13)16(11)19-20-17(18)21/h2-10H,1H3,(H3,18,20,21)/b19-16+. The smallest absolute Gasteiger partial charge is 0.332 e. The third-order valence-electron chi connectivity index (χ3n) is 3.52. The predicted molar refractivity (Wildman–Crippen MR) is 83.8 cm³/mol. The molecule has 0 radical (unpaired) electrons. The lowest BCUT2D eigenvalue weighted by atomic mass is 9.98. The van der Waals surface area contributed by atoms with Gasteiger partial charge in [-0.1, -0.05) is 54.6 Å². The third kappa shape index (κ3) is 2.31. The number of fused-ring (bicyclic) bond motifs is 1. The Morgan fingerprint density at radius 1 is 1.00 bits per heavy atom. The molecule has 1 aliphatic carbocycles. The second-order valence-electron chi connectivity index (χ2n) is 4.85. The highest BCUT2D eigenvalue weighted by molar-refractivity contribution is 6.25. The number of rotatable bonds is 2. The van der Waals surface area contributed by atoms with Gasteiger partial charge in [-0.3, -0.25) is 0 Å². The van der Waals surface area contributed by atoms with Gasteiger partial charge < -0.3 is 5.73 Å². The van der Waals surface area contributed by atoms with Crippen molar-refractivity contribution in [1.29, 1.82) is 0 Å². The van der Waals surface area contributed by atoms with Gasteiger partial charge in [-0.15, -0.1) is 0 Å². The van der Waals surface area contributed by atoms with Crippen LogP contribution in [-0.4, -0.2) is 11.7 Å². The van der Waals surface area contributed by atoms with Crippen LogP contribution >= 0.6 is 0 Å². The number of nitrogens with one attached hydrogen (secondary N) is 1. The monoisotopic (exact) mass is 277 g/mol. The molecular formula is C17H15N3O. The van der Waals surface area contributed by atoms with Crippen LogP contribution in [0.2, 0.25) is 0 Å². The summed E-state index contributed by atoms with van der Waals surface area (Å²) in [5.74, 6) is 0. The topological polar surface area (TPSA) is 67.5 Å². The van der Waals surface area contributed by atoms with E-state index in [0.717, 1.165) is 33.5 Å². The van der Waals surface area contributed by atoms with Crippen molar-refractivity contribution in [2.45, 2.75) is 6.92 Å². The van der Waals surface area contributed by atoms with Gasteiger partial charge >= 0.3 is 6.03 Å². The number of allylic oxidation sites excluding steroid dienone is 1. The molecule has 3 rings (SSSR count). The molecule has 0 spiro atoms. The van der Waals surface area contributed by atoms with Gasteiger partial charge in [-0.05, 0) is 29.2 Å². The maximum atomic E-state index is 10.9. The van der Waals surface area contributed by atoms with Crippen molar-refractivity contribution in [1.82, 2.24) is 5.43 Å². The normalized spacial score (nSPS) is 15.2. The molecule has 0 unspecified atom stereocenters. The number of amides is 2. The van der Waals surface area contributed by atoms with E-state index in [0.29, 0.717) is 0 Å². The minimum absolute atomic E-state index is 0.666. The van der Waals surface area contributed by atoms with E-state index in [9.17, 15) is 4.79 Å². The molecule has 1 aliphatic rings. The van der Waals surface area contributed by atoms with Gasteiger partial charge in [-0.25, -0.2) is 10.2 Å². The Kier molecular flexibility index (Phi) is 3.28. The van der Waals surface area contributed by atoms with Crippen molar-refractivity contribution in [2.75, 3.05) is 0 Å². The molecule has 0 saturated carbocycles. The Morgan fingerprint density at radius 2 is 1.62 bits per heavy atom. The van der Waals surface area contributed by atoms with Crippen molar-refractivity contribution in [3.05, 3.63) is 76.9 Å². The summed E-state index contributed by atoms with van der Waals surface area (Å²) in [7, 11) is 0. The van der Waals surface area contributed by atoms with E-state index in [4.69, 9.17) is 5.73 Å². The first-order chi connectivity index (χ1) is 10.2. The highest BCUT2D eigenvalue weighted by atomic mass is 16.2. The molecule has 2 aromatic carbocycles. The summed E-state index contributed by atoms with van der Waals surface area (Å²) in [6.45, 7) is 2.00. The molecule has 4 nitrogen and oxygen atoms in total. The Hall–Kier alpha value is -2.88. The third-order valence-corrected chi connectivity index (χ3v) is 3.52. The Labute approximate surface area is 123 Å².